The molecule has 0 bridgehead atoms. The first-order valence-electron chi connectivity index (χ1n) is 23.1. The van der Waals surface area contributed by atoms with E-state index in [1.165, 1.54) is 109 Å². The van der Waals surface area contributed by atoms with Crippen LogP contribution in [0.15, 0.2) is 126 Å². The van der Waals surface area contributed by atoms with Crippen molar-refractivity contribution in [1.29, 1.82) is 0 Å². The van der Waals surface area contributed by atoms with Crippen molar-refractivity contribution in [3.8, 4) is 0 Å². The van der Waals surface area contributed by atoms with Crippen LogP contribution in [-0.4, -0.2) is 140 Å². The molecular weight excluding hydrogens is 1140 g/mol. The van der Waals surface area contributed by atoms with Gasteiger partial charge >= 0.3 is 30.6 Å². The van der Waals surface area contributed by atoms with Crippen molar-refractivity contribution in [2.45, 2.75) is 64.3 Å². The lowest BCUT2D eigenvalue weighted by molar-refractivity contribution is 0.220. The van der Waals surface area contributed by atoms with Crippen molar-refractivity contribution < 1.29 is 30.4 Å². The molecule has 0 saturated carbocycles. The lowest BCUT2D eigenvalue weighted by atomic mass is 10.2. The Morgan fingerprint density at radius 2 is 1.24 bits per heavy atom. The second-order valence-corrected chi connectivity index (χ2v) is 34.4. The summed E-state index contributed by atoms with van der Waals surface area (Å²) in [5.41, 5.74) is 3.99. The zero-order valence-electron chi connectivity index (χ0n) is 44.0. The van der Waals surface area contributed by atoms with E-state index in [2.05, 4.69) is 104 Å². The molecule has 0 saturated heterocycles. The normalized spacial score (nSPS) is 12.5. The van der Waals surface area contributed by atoms with Crippen molar-refractivity contribution in [2.24, 2.45) is 0 Å². The number of hydrogen-bond acceptors (Lipinski definition) is 16. The summed E-state index contributed by atoms with van der Waals surface area (Å²) in [4.78, 5) is 30.0. The van der Waals surface area contributed by atoms with Gasteiger partial charge in [-0.25, -0.2) is 31.9 Å². The zero-order chi connectivity index (χ0) is 56.1. The molecule has 0 aliphatic heterocycles. The summed E-state index contributed by atoms with van der Waals surface area (Å²) in [5.74, 6) is 0. The lowest BCUT2D eigenvalue weighted by Crippen LogP contribution is -2.56. The van der Waals surface area contributed by atoms with Crippen molar-refractivity contribution in [3.05, 3.63) is 173 Å². The van der Waals surface area contributed by atoms with Crippen LogP contribution in [0.3, 0.4) is 0 Å². The Balaban J connectivity index is 0.000000183. The predicted molar refractivity (Wildman–Crippen MR) is 312 cm³/mol. The van der Waals surface area contributed by atoms with Crippen molar-refractivity contribution in [1.82, 2.24) is 59.7 Å². The van der Waals surface area contributed by atoms with Gasteiger partial charge in [0.15, 0.2) is 4.77 Å². The molecule has 29 heteroatoms. The zero-order valence-corrected chi connectivity index (χ0v) is 51.5. The van der Waals surface area contributed by atoms with Crippen LogP contribution in [-0.2, 0) is 49.9 Å². The van der Waals surface area contributed by atoms with Crippen LogP contribution in [0.1, 0.15) is 69.2 Å². The Bertz CT molecular complexity index is 3450. The molecule has 0 aromatic carbocycles. The van der Waals surface area contributed by atoms with Crippen LogP contribution < -0.4 is 5.45 Å². The molecule has 9 aromatic heterocycles. The number of nitrogens with zero attached hydrogens (tertiary/aromatic N) is 10. The Morgan fingerprint density at radius 3 is 1.68 bits per heavy atom. The van der Waals surface area contributed by atoms with E-state index in [0.29, 0.717) is 22.3 Å². The number of hydrogen-bond donors (Lipinski definition) is 4. The number of thiophene rings is 4. The first-order valence-corrected chi connectivity index (χ1v) is 34.2. The second-order valence-electron chi connectivity index (χ2n) is 18.6. The minimum Gasteiger partial charge on any atom is -0.381 e. The van der Waals surface area contributed by atoms with Crippen LogP contribution in [0.4, 0.5) is 0 Å². The quantitative estimate of drug-likeness (QED) is 0.0565. The van der Waals surface area contributed by atoms with Gasteiger partial charge in [-0.2, -0.15) is 38.2 Å². The summed E-state index contributed by atoms with van der Waals surface area (Å²) in [5, 5.41) is 18.6. The lowest BCUT2D eigenvalue weighted by Gasteiger charge is -2.36. The molecule has 0 aliphatic carbocycles. The second kappa shape index (κ2) is 27.0. The number of aromatic nitrogens is 10. The Hall–Kier alpha value is -5.02. The van der Waals surface area contributed by atoms with Crippen molar-refractivity contribution in [2.75, 3.05) is 42.3 Å². The minimum atomic E-state index is -3.72. The summed E-state index contributed by atoms with van der Waals surface area (Å²) in [6.07, 6.45) is 15.5. The Labute approximate surface area is 468 Å². The Morgan fingerprint density at radius 1 is 0.697 bits per heavy atom. The van der Waals surface area contributed by atoms with Gasteiger partial charge in [-0.1, -0.05) is 58.1 Å². The molecule has 0 radical (unpaired) electrons. The molecule has 0 amide bonds. The van der Waals surface area contributed by atoms with Gasteiger partial charge in [0.1, 0.15) is 32.3 Å². The van der Waals surface area contributed by atoms with Crippen molar-refractivity contribution >= 4 is 102 Å². The fourth-order valence-corrected chi connectivity index (χ4v) is 14.4. The molecule has 0 aliphatic rings. The minimum absolute atomic E-state index is 0.0942. The monoisotopic (exact) mass is 1210 g/mol. The third-order valence-corrected chi connectivity index (χ3v) is 25.7. The molecule has 76 heavy (non-hydrogen) atoms. The topological polar surface area (TPSA) is 246 Å². The highest BCUT2D eigenvalue weighted by Crippen LogP contribution is 2.36. The van der Waals surface area contributed by atoms with Gasteiger partial charge in [-0.15, -0.1) is 45.3 Å². The van der Waals surface area contributed by atoms with Crippen LogP contribution in [0.2, 0.25) is 18.1 Å². The number of aliphatic hydroxyl groups is 1. The number of aliphatic hydroxyl groups excluding tert-OH is 1. The molecule has 0 fully saturated rings. The number of nitrogens with one attached hydrogen (secondary N) is 3. The molecule has 1 atom stereocenters. The van der Waals surface area contributed by atoms with Gasteiger partial charge in [0.25, 0.3) is 0 Å². The molecular formula is C47H65N13O7S8Si. The van der Waals surface area contributed by atoms with E-state index in [4.69, 9.17) is 12.2 Å². The van der Waals surface area contributed by atoms with Gasteiger partial charge in [-0.3, -0.25) is 0 Å². The highest BCUT2D eigenvalue weighted by atomic mass is 32.2. The van der Waals surface area contributed by atoms with Gasteiger partial charge in [0.05, 0.1) is 17.7 Å². The summed E-state index contributed by atoms with van der Waals surface area (Å²) < 4.78 is 79.4. The first-order chi connectivity index (χ1) is 35.6. The molecule has 1 unspecified atom stereocenters. The fourth-order valence-electron chi connectivity index (χ4n) is 6.17. The maximum Gasteiger partial charge on any atom is 0.308 e. The van der Waals surface area contributed by atoms with Crippen LogP contribution in [0.5, 0.6) is 0 Å². The summed E-state index contributed by atoms with van der Waals surface area (Å²) in [6.45, 7) is 10.5. The third-order valence-electron chi connectivity index (χ3n) is 11.5. The molecule has 4 N–H and O–H groups in total. The van der Waals surface area contributed by atoms with E-state index in [0.717, 1.165) is 50.5 Å². The first kappa shape index (κ1) is 61.8. The van der Waals surface area contributed by atoms with Gasteiger partial charge in [0.2, 0.25) is 0 Å². The maximum atomic E-state index is 12.8. The number of rotatable bonds is 15. The van der Waals surface area contributed by atoms with E-state index < -0.39 is 44.8 Å². The maximum absolute atomic E-state index is 12.8. The Kier molecular flexibility index (Phi) is 22.0. The van der Waals surface area contributed by atoms with Crippen LogP contribution in [0.25, 0.3) is 0 Å². The van der Waals surface area contributed by atoms with Crippen LogP contribution >= 0.6 is 57.6 Å². The predicted octanol–water partition coefficient (Wildman–Crippen LogP) is 7.91. The molecule has 20 nitrogen and oxygen atoms in total. The summed E-state index contributed by atoms with van der Waals surface area (Å²) in [6, 6.07) is 16.0. The highest BCUT2D eigenvalue weighted by Gasteiger charge is 2.43. The third kappa shape index (κ3) is 16.7. The molecule has 9 aromatic rings. The molecule has 412 valence electrons. The average Bonchev–Trinajstić information content (AvgIpc) is 4.21. The number of imidazole rings is 5. The smallest absolute Gasteiger partial charge is 0.308 e. The van der Waals surface area contributed by atoms with E-state index >= 15 is 0 Å². The van der Waals surface area contributed by atoms with E-state index in [1.807, 2.05) is 47.4 Å². The number of H-pyrrole nitrogens is 3. The average molecular weight is 1210 g/mol. The van der Waals surface area contributed by atoms with Gasteiger partial charge in [0, 0.05) is 130 Å². The molecule has 9 rings (SSSR count). The van der Waals surface area contributed by atoms with E-state index in [1.54, 1.807) is 46.5 Å². The summed E-state index contributed by atoms with van der Waals surface area (Å²) in [7, 11) is -3.84. The summed E-state index contributed by atoms with van der Waals surface area (Å²) >= 11 is 11.5. The fraction of sp³-hybridized carbons (Fsp3) is 0.340. The van der Waals surface area contributed by atoms with E-state index in [9.17, 15) is 30.4 Å². The van der Waals surface area contributed by atoms with Gasteiger partial charge in [-0.05, 0) is 63.0 Å². The van der Waals surface area contributed by atoms with Crippen LogP contribution in [0, 0.1) is 4.77 Å². The molecule has 9 heterocycles. The SMILES string of the molecule is CN(C)S(=O)(=O)n1cc(C(O)c2cccs2)nc1[Si](C)(C)C(C)(C)C.CN(C)S(=O)(=O)n1ccnc1.CN(C)S(=O)(=O)n1cnc(Cc2cccs2)c1.S=c1[nH]cc(Cc2cccs2)[nH]1.c1csc(Cc2cnc[nH]2)c1. The highest BCUT2D eigenvalue weighted by molar-refractivity contribution is 7.88. The largest absolute Gasteiger partial charge is 0.381 e. The van der Waals surface area contributed by atoms with Gasteiger partial charge < -0.3 is 20.1 Å². The number of aromatic amines is 3. The molecule has 0 spiro atoms. The standard InChI is InChI=1S/C16H27N3O3S2Si.C10H13N3O2S2.C8H8N2S2.C8H8N2S.C5H9N3O2S/c1-16(2,3)25(6,7)15-17-12(14(20)13-9-8-10-23-13)11-19(15)24(21,22)18(4)5;1-12(2)17(14,15)13-7-9(11-8-13)6-10-4-3-5-16-10;11-8-9-5-6(10-8)4-7-2-1-3-12-7;1-2-8(11-3-1)4-7-5-9-6-10-7;1-7(2)11(9,10)8-4-3-6-5-8/h8-11,14,20H,1-7H3;3-5,7-8H,6H2,1-2H3;1-3,5H,4H2,(H2,9,10,11);1-3,5-6H,4H2,(H,9,10);3-5H,1-2H3. The van der Waals surface area contributed by atoms with E-state index in [-0.39, 0.29) is 5.04 Å². The van der Waals surface area contributed by atoms with Crippen molar-refractivity contribution in [3.63, 3.8) is 0 Å².